The summed E-state index contributed by atoms with van der Waals surface area (Å²) >= 11 is 7.60. The molecular formula is C17H13ClN3S+. The third-order valence-electron chi connectivity index (χ3n) is 3.42. The van der Waals surface area contributed by atoms with Crippen molar-refractivity contribution in [1.82, 2.24) is 0 Å². The molecular weight excluding hydrogens is 314 g/mol. The summed E-state index contributed by atoms with van der Waals surface area (Å²) in [5.74, 6) is 0.440. The molecule has 0 fully saturated rings. The van der Waals surface area contributed by atoms with Crippen molar-refractivity contribution >= 4 is 44.5 Å². The van der Waals surface area contributed by atoms with E-state index >= 15 is 0 Å². The SMILES string of the molecule is C#[N+]c1c(C(N)=NC)sc2cc(-c3cccc(Cl)c3)ccc12. The molecule has 0 atom stereocenters. The van der Waals surface area contributed by atoms with E-state index in [2.05, 4.69) is 15.9 Å². The zero-order chi connectivity index (χ0) is 15.7. The number of rotatable bonds is 2. The summed E-state index contributed by atoms with van der Waals surface area (Å²) in [5.41, 5.74) is 8.76. The zero-order valence-electron chi connectivity index (χ0n) is 11.9. The Kier molecular flexibility index (Phi) is 3.84. The van der Waals surface area contributed by atoms with Crippen molar-refractivity contribution in [3.8, 4) is 17.7 Å². The molecule has 0 aliphatic heterocycles. The van der Waals surface area contributed by atoms with Crippen LogP contribution in [0.3, 0.4) is 0 Å². The fourth-order valence-corrected chi connectivity index (χ4v) is 3.66. The van der Waals surface area contributed by atoms with Crippen LogP contribution in [-0.4, -0.2) is 12.9 Å². The van der Waals surface area contributed by atoms with Crippen molar-refractivity contribution in [3.63, 3.8) is 0 Å². The lowest BCUT2D eigenvalue weighted by molar-refractivity contribution is 1.41. The molecule has 3 nitrogen and oxygen atoms in total. The van der Waals surface area contributed by atoms with Crippen LogP contribution in [-0.2, 0) is 0 Å². The number of thiophene rings is 1. The fraction of sp³-hybridized carbons (Fsp3) is 0.0588. The summed E-state index contributed by atoms with van der Waals surface area (Å²) in [7, 11) is 1.65. The second-order valence-electron chi connectivity index (χ2n) is 4.74. The number of nitrogens with two attached hydrogens (primary N) is 1. The molecule has 0 spiro atoms. The molecule has 22 heavy (non-hydrogen) atoms. The number of nitrogens with zero attached hydrogens (tertiary/aromatic N) is 2. The van der Waals surface area contributed by atoms with Gasteiger partial charge in [0.2, 0.25) is 0 Å². The number of benzene rings is 2. The van der Waals surface area contributed by atoms with Crippen LogP contribution in [0.5, 0.6) is 0 Å². The van der Waals surface area contributed by atoms with Gasteiger partial charge in [-0.3, -0.25) is 4.99 Å². The summed E-state index contributed by atoms with van der Waals surface area (Å²) < 4.78 is 1.06. The minimum atomic E-state index is 0.440. The Labute approximate surface area is 137 Å². The molecule has 0 saturated heterocycles. The van der Waals surface area contributed by atoms with Crippen molar-refractivity contribution in [3.05, 3.63) is 57.2 Å². The van der Waals surface area contributed by atoms with Crippen LogP contribution in [0.2, 0.25) is 5.02 Å². The van der Waals surface area contributed by atoms with Crippen molar-refractivity contribution in [2.45, 2.75) is 0 Å². The average molecular weight is 327 g/mol. The quantitative estimate of drug-likeness (QED) is 0.513. The lowest BCUT2D eigenvalue weighted by atomic mass is 10.0. The third kappa shape index (κ3) is 2.45. The van der Waals surface area contributed by atoms with E-state index in [9.17, 15) is 0 Å². The average Bonchev–Trinajstić information content (AvgIpc) is 2.91. The van der Waals surface area contributed by atoms with Crippen LogP contribution in [0.25, 0.3) is 26.1 Å². The van der Waals surface area contributed by atoms with Gasteiger partial charge in [-0.25, -0.2) is 0 Å². The molecule has 0 aliphatic carbocycles. The maximum absolute atomic E-state index is 6.06. The Morgan fingerprint density at radius 1 is 1.23 bits per heavy atom. The first kappa shape index (κ1) is 14.6. The Morgan fingerprint density at radius 2 is 2.00 bits per heavy atom. The summed E-state index contributed by atoms with van der Waals surface area (Å²) in [6.07, 6.45) is 0. The Hall–Kier alpha value is -2.35. The van der Waals surface area contributed by atoms with Gasteiger partial charge in [-0.15, -0.1) is 11.3 Å². The highest BCUT2D eigenvalue weighted by molar-refractivity contribution is 7.21. The van der Waals surface area contributed by atoms with Gasteiger partial charge in [0.1, 0.15) is 5.84 Å². The highest BCUT2D eigenvalue weighted by Crippen LogP contribution is 2.40. The van der Waals surface area contributed by atoms with Crippen molar-refractivity contribution in [2.24, 2.45) is 10.7 Å². The van der Waals surface area contributed by atoms with Gasteiger partial charge >= 0.3 is 5.69 Å². The van der Waals surface area contributed by atoms with Crippen molar-refractivity contribution < 1.29 is 0 Å². The van der Waals surface area contributed by atoms with Gasteiger partial charge in [0, 0.05) is 16.8 Å². The van der Waals surface area contributed by atoms with E-state index < -0.39 is 0 Å². The van der Waals surface area contributed by atoms with E-state index in [4.69, 9.17) is 23.9 Å². The summed E-state index contributed by atoms with van der Waals surface area (Å²) in [5, 5.41) is 1.68. The van der Waals surface area contributed by atoms with Gasteiger partial charge in [0.15, 0.2) is 4.88 Å². The second kappa shape index (κ2) is 5.80. The molecule has 3 aromatic rings. The van der Waals surface area contributed by atoms with Crippen LogP contribution in [0.15, 0.2) is 47.5 Å². The monoisotopic (exact) mass is 326 g/mol. The standard InChI is InChI=1S/C17H13ClN3S/c1-20-15-13-7-6-11(10-4-3-5-12(18)8-10)9-14(13)22-16(15)17(19)21-2/h1,3-9H,2H3,(H2,19,21)/q+1. The van der Waals surface area contributed by atoms with E-state index in [0.717, 1.165) is 26.1 Å². The first-order chi connectivity index (χ1) is 10.6. The molecule has 3 rings (SSSR count). The number of hydrogen-bond donors (Lipinski definition) is 1. The first-order valence-electron chi connectivity index (χ1n) is 6.60. The molecule has 1 heterocycles. The van der Waals surface area contributed by atoms with Crippen LogP contribution >= 0.6 is 22.9 Å². The van der Waals surface area contributed by atoms with Crippen molar-refractivity contribution in [1.29, 1.82) is 0 Å². The lowest BCUT2D eigenvalue weighted by Crippen LogP contribution is -2.10. The van der Waals surface area contributed by atoms with Crippen molar-refractivity contribution in [2.75, 3.05) is 7.05 Å². The molecule has 108 valence electrons. The topological polar surface area (TPSA) is 42.7 Å². The van der Waals surface area contributed by atoms with E-state index in [0.29, 0.717) is 16.5 Å². The number of halogens is 1. The van der Waals surface area contributed by atoms with Gasteiger partial charge < -0.3 is 5.73 Å². The van der Waals surface area contributed by atoms with Gasteiger partial charge in [0.05, 0.1) is 5.39 Å². The van der Waals surface area contributed by atoms with Gasteiger partial charge in [-0.1, -0.05) is 29.8 Å². The second-order valence-corrected chi connectivity index (χ2v) is 6.23. The highest BCUT2D eigenvalue weighted by atomic mass is 35.5. The molecule has 0 bridgehead atoms. The van der Waals surface area contributed by atoms with Gasteiger partial charge in [-0.05, 0) is 40.2 Å². The smallest absolute Gasteiger partial charge is 0.369 e. The largest absolute Gasteiger partial charge is 0.383 e. The molecule has 0 saturated carbocycles. The summed E-state index contributed by atoms with van der Waals surface area (Å²) in [6.45, 7) is 5.53. The van der Waals surface area contributed by atoms with Crippen LogP contribution in [0.1, 0.15) is 4.88 Å². The molecule has 1 aromatic heterocycles. The minimum absolute atomic E-state index is 0.440. The van der Waals surface area contributed by atoms with Crippen LogP contribution < -0.4 is 5.73 Å². The molecule has 0 radical (unpaired) electrons. The molecule has 0 amide bonds. The zero-order valence-corrected chi connectivity index (χ0v) is 13.4. The molecule has 0 aliphatic rings. The number of fused-ring (bicyclic) bond motifs is 1. The van der Waals surface area contributed by atoms with Gasteiger partial charge in [0.25, 0.3) is 6.57 Å². The van der Waals surface area contributed by atoms with Crippen LogP contribution in [0, 0.1) is 6.57 Å². The maximum Gasteiger partial charge on any atom is 0.369 e. The van der Waals surface area contributed by atoms with Crippen LogP contribution in [0.4, 0.5) is 5.69 Å². The maximum atomic E-state index is 6.06. The first-order valence-corrected chi connectivity index (χ1v) is 7.79. The van der Waals surface area contributed by atoms with Gasteiger partial charge in [-0.2, -0.15) is 0 Å². The van der Waals surface area contributed by atoms with E-state index in [1.54, 1.807) is 7.05 Å². The third-order valence-corrected chi connectivity index (χ3v) is 4.82. The molecule has 2 N–H and O–H groups in total. The normalized spacial score (nSPS) is 11.6. The number of amidine groups is 1. The van der Waals surface area contributed by atoms with E-state index in [1.807, 2.05) is 36.4 Å². The highest BCUT2D eigenvalue weighted by Gasteiger charge is 2.22. The summed E-state index contributed by atoms with van der Waals surface area (Å²) in [4.78, 5) is 8.69. The Balaban J connectivity index is 2.21. The summed E-state index contributed by atoms with van der Waals surface area (Å²) in [6, 6.07) is 13.9. The number of hydrogen-bond acceptors (Lipinski definition) is 2. The molecule has 0 unspecified atom stereocenters. The lowest BCUT2D eigenvalue weighted by Gasteiger charge is -2.01. The van der Waals surface area contributed by atoms with E-state index in [-0.39, 0.29) is 0 Å². The molecule has 2 aromatic carbocycles. The predicted octanol–water partition coefficient (Wildman–Crippen LogP) is 5.15. The minimum Gasteiger partial charge on any atom is -0.383 e. The predicted molar refractivity (Wildman–Crippen MR) is 96.9 cm³/mol. The van der Waals surface area contributed by atoms with E-state index in [1.165, 1.54) is 11.3 Å². The fourth-order valence-electron chi connectivity index (χ4n) is 2.33. The molecule has 5 heteroatoms. The Bertz CT molecular complexity index is 935. The Morgan fingerprint density at radius 3 is 2.68 bits per heavy atom. The number of aliphatic imine (C=N–C) groups is 1.